The summed E-state index contributed by atoms with van der Waals surface area (Å²) in [5.41, 5.74) is 1.71. The van der Waals surface area contributed by atoms with Crippen molar-refractivity contribution >= 4 is 15.7 Å². The molecule has 2 aromatic rings. The molecule has 0 saturated carbocycles. The average molecular weight is 266 g/mol. The Morgan fingerprint density at radius 1 is 1.44 bits per heavy atom. The number of primary sulfonamides is 1. The maximum Gasteiger partial charge on any atom is 0.238 e. The average Bonchev–Trinajstić information content (AvgIpc) is 2.72. The second-order valence-corrected chi connectivity index (χ2v) is 5.51. The Kier molecular flexibility index (Phi) is 3.35. The Hall–Kier alpha value is -1.86. The molecule has 0 fully saturated rings. The Morgan fingerprint density at radius 3 is 2.83 bits per heavy atom. The molecule has 0 radical (unpaired) electrons. The number of sulfonamides is 1. The first-order chi connectivity index (χ1) is 8.45. The van der Waals surface area contributed by atoms with E-state index in [0.29, 0.717) is 12.2 Å². The summed E-state index contributed by atoms with van der Waals surface area (Å²) in [6.07, 6.45) is 3.63. The van der Waals surface area contributed by atoms with Crippen LogP contribution < -0.4 is 10.5 Å². The van der Waals surface area contributed by atoms with Crippen LogP contribution in [0.15, 0.2) is 41.6 Å². The number of anilines is 1. The molecule has 2 rings (SSSR count). The summed E-state index contributed by atoms with van der Waals surface area (Å²) in [7, 11) is -1.82. The minimum atomic E-state index is -3.66. The van der Waals surface area contributed by atoms with Gasteiger partial charge in [0, 0.05) is 31.0 Å². The standard InChI is InChI=1S/C11H14N4O2S/c1-15-8-9(7-14-15)6-13-10-3-2-4-11(5-10)18(12,16)17/h2-5,7-8,13H,6H2,1H3,(H2,12,16,17). The molecule has 0 atom stereocenters. The van der Waals surface area contributed by atoms with Gasteiger partial charge in [-0.25, -0.2) is 13.6 Å². The molecule has 1 aromatic carbocycles. The quantitative estimate of drug-likeness (QED) is 0.851. The Bertz CT molecular complexity index is 649. The number of nitrogens with one attached hydrogen (secondary N) is 1. The van der Waals surface area contributed by atoms with E-state index >= 15 is 0 Å². The molecular weight excluding hydrogens is 252 g/mol. The van der Waals surface area contributed by atoms with Crippen LogP contribution in [0.25, 0.3) is 0 Å². The maximum absolute atomic E-state index is 11.2. The van der Waals surface area contributed by atoms with E-state index in [-0.39, 0.29) is 4.90 Å². The Labute approximate surface area is 105 Å². The zero-order valence-electron chi connectivity index (χ0n) is 9.87. The predicted molar refractivity (Wildman–Crippen MR) is 68.3 cm³/mol. The van der Waals surface area contributed by atoms with Gasteiger partial charge in [0.05, 0.1) is 11.1 Å². The maximum atomic E-state index is 11.2. The number of aryl methyl sites for hydroxylation is 1. The van der Waals surface area contributed by atoms with E-state index in [0.717, 1.165) is 5.56 Å². The molecule has 1 aromatic heterocycles. The summed E-state index contributed by atoms with van der Waals surface area (Å²) in [5.74, 6) is 0. The van der Waals surface area contributed by atoms with Crippen molar-refractivity contribution in [3.8, 4) is 0 Å². The molecule has 0 aliphatic heterocycles. The van der Waals surface area contributed by atoms with E-state index < -0.39 is 10.0 Å². The van der Waals surface area contributed by atoms with E-state index in [1.54, 1.807) is 23.0 Å². The number of nitrogens with two attached hydrogens (primary N) is 1. The number of hydrogen-bond donors (Lipinski definition) is 2. The van der Waals surface area contributed by atoms with Gasteiger partial charge in [-0.1, -0.05) is 6.07 Å². The first-order valence-corrected chi connectivity index (χ1v) is 6.84. The smallest absolute Gasteiger partial charge is 0.238 e. The normalized spacial score (nSPS) is 11.4. The molecule has 0 aliphatic carbocycles. The van der Waals surface area contributed by atoms with Crippen molar-refractivity contribution in [1.29, 1.82) is 0 Å². The molecule has 0 unspecified atom stereocenters. The third-order valence-corrected chi connectivity index (χ3v) is 3.33. The summed E-state index contributed by atoms with van der Waals surface area (Å²) in [4.78, 5) is 0.0960. The summed E-state index contributed by atoms with van der Waals surface area (Å²) in [5, 5.41) is 12.2. The summed E-state index contributed by atoms with van der Waals surface area (Å²) >= 11 is 0. The SMILES string of the molecule is Cn1cc(CNc2cccc(S(N)(=O)=O)c2)cn1. The first-order valence-electron chi connectivity index (χ1n) is 5.29. The van der Waals surface area contributed by atoms with Crippen LogP contribution >= 0.6 is 0 Å². The van der Waals surface area contributed by atoms with Gasteiger partial charge in [0.2, 0.25) is 10.0 Å². The van der Waals surface area contributed by atoms with E-state index in [1.807, 2.05) is 13.2 Å². The third-order valence-electron chi connectivity index (χ3n) is 2.42. The highest BCUT2D eigenvalue weighted by molar-refractivity contribution is 7.89. The van der Waals surface area contributed by atoms with Crippen LogP contribution in [0.4, 0.5) is 5.69 Å². The lowest BCUT2D eigenvalue weighted by atomic mass is 10.3. The monoisotopic (exact) mass is 266 g/mol. The summed E-state index contributed by atoms with van der Waals surface area (Å²) in [6, 6.07) is 6.40. The van der Waals surface area contributed by atoms with Gasteiger partial charge in [-0.15, -0.1) is 0 Å². The van der Waals surface area contributed by atoms with Crippen LogP contribution in [0.1, 0.15) is 5.56 Å². The van der Waals surface area contributed by atoms with Gasteiger partial charge >= 0.3 is 0 Å². The summed E-state index contributed by atoms with van der Waals surface area (Å²) in [6.45, 7) is 0.571. The minimum Gasteiger partial charge on any atom is -0.381 e. The first kappa shape index (κ1) is 12.6. The van der Waals surface area contributed by atoms with E-state index in [4.69, 9.17) is 5.14 Å². The van der Waals surface area contributed by atoms with E-state index in [1.165, 1.54) is 12.1 Å². The van der Waals surface area contributed by atoms with E-state index in [9.17, 15) is 8.42 Å². The molecule has 0 spiro atoms. The van der Waals surface area contributed by atoms with Crippen LogP contribution in [0.3, 0.4) is 0 Å². The third kappa shape index (κ3) is 3.08. The molecule has 7 heteroatoms. The van der Waals surface area contributed by atoms with Gasteiger partial charge < -0.3 is 5.32 Å². The van der Waals surface area contributed by atoms with Crippen molar-refractivity contribution in [2.45, 2.75) is 11.4 Å². The van der Waals surface area contributed by atoms with Crippen molar-refractivity contribution < 1.29 is 8.42 Å². The van der Waals surface area contributed by atoms with Crippen LogP contribution in [-0.4, -0.2) is 18.2 Å². The fourth-order valence-corrected chi connectivity index (χ4v) is 2.11. The van der Waals surface area contributed by atoms with Crippen molar-refractivity contribution in [2.75, 3.05) is 5.32 Å². The van der Waals surface area contributed by atoms with Crippen molar-refractivity contribution in [3.05, 3.63) is 42.2 Å². The molecule has 1 heterocycles. The molecule has 96 valence electrons. The zero-order valence-corrected chi connectivity index (χ0v) is 10.7. The molecule has 0 saturated heterocycles. The second-order valence-electron chi connectivity index (χ2n) is 3.95. The van der Waals surface area contributed by atoms with Crippen molar-refractivity contribution in [2.24, 2.45) is 12.2 Å². The lowest BCUT2D eigenvalue weighted by molar-refractivity contribution is 0.598. The van der Waals surface area contributed by atoms with Gasteiger partial charge in [-0.05, 0) is 18.2 Å². The highest BCUT2D eigenvalue weighted by Gasteiger charge is 2.07. The highest BCUT2D eigenvalue weighted by Crippen LogP contribution is 2.14. The van der Waals surface area contributed by atoms with Gasteiger partial charge in [0.25, 0.3) is 0 Å². The van der Waals surface area contributed by atoms with Crippen LogP contribution in [0, 0.1) is 0 Å². The number of rotatable bonds is 4. The molecule has 3 N–H and O–H groups in total. The molecule has 0 amide bonds. The Balaban J connectivity index is 2.11. The number of benzene rings is 1. The van der Waals surface area contributed by atoms with E-state index in [2.05, 4.69) is 10.4 Å². The predicted octanol–water partition coefficient (Wildman–Crippen LogP) is 0.680. The molecule has 18 heavy (non-hydrogen) atoms. The van der Waals surface area contributed by atoms with Gasteiger partial charge in [0.1, 0.15) is 0 Å². The van der Waals surface area contributed by atoms with Crippen LogP contribution in [0.2, 0.25) is 0 Å². The Morgan fingerprint density at radius 2 is 2.22 bits per heavy atom. The van der Waals surface area contributed by atoms with Gasteiger partial charge in [-0.3, -0.25) is 4.68 Å². The summed E-state index contributed by atoms with van der Waals surface area (Å²) < 4.78 is 24.1. The number of nitrogens with zero attached hydrogens (tertiary/aromatic N) is 2. The molecular formula is C11H14N4O2S. The lowest BCUT2D eigenvalue weighted by Gasteiger charge is -2.06. The number of aromatic nitrogens is 2. The fraction of sp³-hybridized carbons (Fsp3) is 0.182. The zero-order chi connectivity index (χ0) is 13.2. The molecule has 0 aliphatic rings. The van der Waals surface area contributed by atoms with Crippen LogP contribution in [0.5, 0.6) is 0 Å². The fourth-order valence-electron chi connectivity index (χ4n) is 1.55. The van der Waals surface area contributed by atoms with Gasteiger partial charge in [0.15, 0.2) is 0 Å². The topological polar surface area (TPSA) is 90.0 Å². The van der Waals surface area contributed by atoms with Gasteiger partial charge in [-0.2, -0.15) is 5.10 Å². The number of hydrogen-bond acceptors (Lipinski definition) is 4. The highest BCUT2D eigenvalue weighted by atomic mass is 32.2. The van der Waals surface area contributed by atoms with Crippen molar-refractivity contribution in [3.63, 3.8) is 0 Å². The van der Waals surface area contributed by atoms with Crippen LogP contribution in [-0.2, 0) is 23.6 Å². The lowest BCUT2D eigenvalue weighted by Crippen LogP contribution is -2.12. The minimum absolute atomic E-state index is 0.0960. The molecule has 6 nitrogen and oxygen atoms in total. The van der Waals surface area contributed by atoms with Crippen molar-refractivity contribution in [1.82, 2.24) is 9.78 Å². The largest absolute Gasteiger partial charge is 0.381 e. The molecule has 0 bridgehead atoms. The second kappa shape index (κ2) is 4.79.